The summed E-state index contributed by atoms with van der Waals surface area (Å²) in [5, 5.41) is 18.2. The summed E-state index contributed by atoms with van der Waals surface area (Å²) in [6.07, 6.45) is 8.35. The second-order valence-electron chi connectivity index (χ2n) is 8.19. The maximum atomic E-state index is 11.4. The minimum atomic E-state index is -1.39. The molecule has 32 heavy (non-hydrogen) atoms. The van der Waals surface area contributed by atoms with Gasteiger partial charge in [0.1, 0.15) is 11.3 Å². The first-order valence-corrected chi connectivity index (χ1v) is 10.8. The molecule has 0 fully saturated rings. The number of hydrogen-bond donors (Lipinski definition) is 3. The summed E-state index contributed by atoms with van der Waals surface area (Å²) in [6.45, 7) is 0.649. The molecule has 166 valence electrons. The van der Waals surface area contributed by atoms with Crippen LogP contribution in [0.2, 0.25) is 0 Å². The summed E-state index contributed by atoms with van der Waals surface area (Å²) in [7, 11) is 0. The Kier molecular flexibility index (Phi) is 7.69. The number of rotatable bonds is 10. The Balaban J connectivity index is 1.36. The van der Waals surface area contributed by atoms with E-state index in [0.717, 1.165) is 54.6 Å². The van der Waals surface area contributed by atoms with Crippen molar-refractivity contribution in [2.45, 2.75) is 44.1 Å². The third kappa shape index (κ3) is 6.22. The number of allylic oxidation sites excluding steroid dienone is 2. The number of nitrogens with two attached hydrogens (primary N) is 2. The fourth-order valence-corrected chi connectivity index (χ4v) is 3.79. The van der Waals surface area contributed by atoms with Gasteiger partial charge in [0.15, 0.2) is 0 Å². The highest BCUT2D eigenvalue weighted by Crippen LogP contribution is 2.26. The van der Waals surface area contributed by atoms with E-state index in [9.17, 15) is 9.90 Å². The zero-order chi connectivity index (χ0) is 23.0. The number of hydrogen-bond acceptors (Lipinski definition) is 5. The number of ether oxygens (including phenoxy) is 1. The molecule has 0 amide bonds. The van der Waals surface area contributed by atoms with Gasteiger partial charge in [0.05, 0.1) is 18.2 Å². The lowest BCUT2D eigenvalue weighted by Gasteiger charge is -2.26. The van der Waals surface area contributed by atoms with Gasteiger partial charge in [0.2, 0.25) is 0 Å². The summed E-state index contributed by atoms with van der Waals surface area (Å²) in [4.78, 5) is 11.4. The summed E-state index contributed by atoms with van der Waals surface area (Å²) in [5.41, 5.74) is 14.6. The van der Waals surface area contributed by atoms with Crippen LogP contribution in [0.15, 0.2) is 72.0 Å². The van der Waals surface area contributed by atoms with E-state index in [4.69, 9.17) is 21.5 Å². The average molecular weight is 432 g/mol. The Hall–Kier alpha value is -3.56. The van der Waals surface area contributed by atoms with Gasteiger partial charge in [-0.05, 0) is 72.4 Å². The van der Waals surface area contributed by atoms with E-state index in [0.29, 0.717) is 17.9 Å². The third-order valence-corrected chi connectivity index (χ3v) is 5.54. The molecule has 0 saturated carbocycles. The Bertz CT molecular complexity index is 1030. The van der Waals surface area contributed by atoms with Crippen LogP contribution >= 0.6 is 0 Å². The standard InChI is InChI=1S/C26H29N3O3/c27-18-19-6-8-21(9-7-19)22-10-12-24(13-11-22)32-14-4-2-1-3-5-20-15-23(28)17-26(29,16-20)25(30)31/h6-13,15-16H,1-5,14,17,28-29H2,(H,30,31). The highest BCUT2D eigenvalue weighted by atomic mass is 16.5. The van der Waals surface area contributed by atoms with Crippen LogP contribution in [-0.2, 0) is 4.79 Å². The van der Waals surface area contributed by atoms with Gasteiger partial charge in [-0.1, -0.05) is 37.1 Å². The van der Waals surface area contributed by atoms with Crippen molar-refractivity contribution in [1.82, 2.24) is 0 Å². The van der Waals surface area contributed by atoms with Crippen LogP contribution in [0.1, 0.15) is 44.1 Å². The molecule has 0 spiro atoms. The van der Waals surface area contributed by atoms with Crippen LogP contribution in [0.3, 0.4) is 0 Å². The molecular formula is C26H29N3O3. The molecule has 2 aromatic rings. The first-order valence-electron chi connectivity index (χ1n) is 10.8. The van der Waals surface area contributed by atoms with E-state index in [1.807, 2.05) is 54.6 Å². The topological polar surface area (TPSA) is 122 Å². The lowest BCUT2D eigenvalue weighted by molar-refractivity contribution is -0.141. The van der Waals surface area contributed by atoms with Crippen LogP contribution in [-0.4, -0.2) is 23.2 Å². The Morgan fingerprint density at radius 3 is 2.28 bits per heavy atom. The number of benzene rings is 2. The summed E-state index contributed by atoms with van der Waals surface area (Å²) >= 11 is 0. The monoisotopic (exact) mass is 431 g/mol. The minimum Gasteiger partial charge on any atom is -0.494 e. The smallest absolute Gasteiger partial charge is 0.328 e. The quantitative estimate of drug-likeness (QED) is 0.476. The molecule has 0 radical (unpaired) electrons. The molecule has 5 N–H and O–H groups in total. The Morgan fingerprint density at radius 1 is 1.03 bits per heavy atom. The van der Waals surface area contributed by atoms with Crippen molar-refractivity contribution in [1.29, 1.82) is 5.26 Å². The number of nitriles is 1. The van der Waals surface area contributed by atoms with Crippen molar-refractivity contribution < 1.29 is 14.6 Å². The van der Waals surface area contributed by atoms with Crippen molar-refractivity contribution in [3.05, 3.63) is 77.5 Å². The van der Waals surface area contributed by atoms with Crippen molar-refractivity contribution >= 4 is 5.97 Å². The average Bonchev–Trinajstić information content (AvgIpc) is 2.78. The maximum Gasteiger partial charge on any atom is 0.328 e. The van der Waals surface area contributed by atoms with Gasteiger partial charge in [-0.25, -0.2) is 4.79 Å². The van der Waals surface area contributed by atoms with Crippen molar-refractivity contribution in [3.8, 4) is 22.9 Å². The number of aliphatic carboxylic acids is 1. The van der Waals surface area contributed by atoms with E-state index < -0.39 is 11.5 Å². The van der Waals surface area contributed by atoms with Gasteiger partial charge in [-0.15, -0.1) is 0 Å². The second kappa shape index (κ2) is 10.7. The van der Waals surface area contributed by atoms with Crippen LogP contribution in [0, 0.1) is 11.3 Å². The number of carboxylic acid groups (broad SMARTS) is 1. The molecule has 0 bridgehead atoms. The molecule has 1 aliphatic carbocycles. The first-order chi connectivity index (χ1) is 15.4. The highest BCUT2D eigenvalue weighted by molar-refractivity contribution is 5.82. The molecule has 2 aromatic carbocycles. The van der Waals surface area contributed by atoms with E-state index in [1.54, 1.807) is 6.08 Å². The fraction of sp³-hybridized carbons (Fsp3) is 0.308. The van der Waals surface area contributed by atoms with Gasteiger partial charge >= 0.3 is 5.97 Å². The predicted octanol–water partition coefficient (Wildman–Crippen LogP) is 4.51. The van der Waals surface area contributed by atoms with Gasteiger partial charge in [-0.3, -0.25) is 0 Å². The van der Waals surface area contributed by atoms with Gasteiger partial charge in [-0.2, -0.15) is 5.26 Å². The van der Waals surface area contributed by atoms with E-state index >= 15 is 0 Å². The molecule has 0 saturated heterocycles. The van der Waals surface area contributed by atoms with Crippen LogP contribution < -0.4 is 16.2 Å². The molecule has 1 unspecified atom stereocenters. The zero-order valence-corrected chi connectivity index (χ0v) is 18.1. The second-order valence-corrected chi connectivity index (χ2v) is 8.19. The Labute approximate surface area is 188 Å². The lowest BCUT2D eigenvalue weighted by atomic mass is 9.86. The van der Waals surface area contributed by atoms with Gasteiger partial charge < -0.3 is 21.3 Å². The molecule has 0 aromatic heterocycles. The summed E-state index contributed by atoms with van der Waals surface area (Å²) in [6, 6.07) is 17.6. The number of nitrogens with zero attached hydrogens (tertiary/aromatic N) is 1. The van der Waals surface area contributed by atoms with Crippen LogP contribution in [0.5, 0.6) is 5.75 Å². The molecule has 6 heteroatoms. The maximum absolute atomic E-state index is 11.4. The van der Waals surface area contributed by atoms with Crippen molar-refractivity contribution in [3.63, 3.8) is 0 Å². The van der Waals surface area contributed by atoms with Crippen LogP contribution in [0.25, 0.3) is 11.1 Å². The molecule has 3 rings (SSSR count). The highest BCUT2D eigenvalue weighted by Gasteiger charge is 2.34. The van der Waals surface area contributed by atoms with Gasteiger partial charge in [0, 0.05) is 12.1 Å². The van der Waals surface area contributed by atoms with E-state index in [1.165, 1.54) is 0 Å². The van der Waals surface area contributed by atoms with Gasteiger partial charge in [0.25, 0.3) is 0 Å². The van der Waals surface area contributed by atoms with Crippen molar-refractivity contribution in [2.24, 2.45) is 11.5 Å². The number of carbonyl (C=O) groups is 1. The molecule has 1 aliphatic rings. The Morgan fingerprint density at radius 2 is 1.66 bits per heavy atom. The molecule has 6 nitrogen and oxygen atoms in total. The van der Waals surface area contributed by atoms with E-state index in [-0.39, 0.29) is 6.42 Å². The van der Waals surface area contributed by atoms with E-state index in [2.05, 4.69) is 6.07 Å². The fourth-order valence-electron chi connectivity index (χ4n) is 3.79. The summed E-state index contributed by atoms with van der Waals surface area (Å²) in [5.74, 6) is -0.212. The molecule has 0 aliphatic heterocycles. The number of carboxylic acids is 1. The minimum absolute atomic E-state index is 0.150. The van der Waals surface area contributed by atoms with Crippen molar-refractivity contribution in [2.75, 3.05) is 6.61 Å². The SMILES string of the molecule is N#Cc1ccc(-c2ccc(OCCCCCCC3=CC(N)(C(=O)O)CC(N)=C3)cc2)cc1. The summed E-state index contributed by atoms with van der Waals surface area (Å²) < 4.78 is 5.84. The molecule has 1 atom stereocenters. The predicted molar refractivity (Wildman–Crippen MR) is 125 cm³/mol. The zero-order valence-electron chi connectivity index (χ0n) is 18.1. The lowest BCUT2D eigenvalue weighted by Crippen LogP contribution is -2.48. The van der Waals surface area contributed by atoms with Crippen LogP contribution in [0.4, 0.5) is 0 Å². The number of unbranched alkanes of at least 4 members (excludes halogenated alkanes) is 3. The first kappa shape index (κ1) is 23.1. The largest absolute Gasteiger partial charge is 0.494 e. The molecular weight excluding hydrogens is 402 g/mol. The normalized spacial score (nSPS) is 17.8. The molecule has 0 heterocycles. The third-order valence-electron chi connectivity index (χ3n) is 5.54.